The number of anilines is 1. The van der Waals surface area contributed by atoms with Crippen LogP contribution in [0.5, 0.6) is 0 Å². The molecule has 1 aromatic carbocycles. The highest BCUT2D eigenvalue weighted by Crippen LogP contribution is 2.22. The maximum Gasteiger partial charge on any atom is 0.227 e. The summed E-state index contributed by atoms with van der Waals surface area (Å²) in [7, 11) is 3.73. The van der Waals surface area contributed by atoms with Gasteiger partial charge in [-0.25, -0.2) is 14.4 Å². The van der Waals surface area contributed by atoms with Crippen LogP contribution in [0.15, 0.2) is 36.5 Å². The van der Waals surface area contributed by atoms with E-state index in [-0.39, 0.29) is 24.2 Å². The molecule has 0 bridgehead atoms. The Balaban J connectivity index is 1.69. The lowest BCUT2D eigenvalue weighted by Crippen LogP contribution is -2.43. The van der Waals surface area contributed by atoms with Crippen molar-refractivity contribution in [2.75, 3.05) is 38.7 Å². The number of rotatable bonds is 4. The first-order valence-electron chi connectivity index (χ1n) is 8.17. The van der Waals surface area contributed by atoms with E-state index in [1.807, 2.05) is 19.0 Å². The highest BCUT2D eigenvalue weighted by molar-refractivity contribution is 5.79. The fourth-order valence-electron chi connectivity index (χ4n) is 2.73. The third kappa shape index (κ3) is 4.11. The zero-order valence-electron chi connectivity index (χ0n) is 14.4. The summed E-state index contributed by atoms with van der Waals surface area (Å²) < 4.78 is 19.5. The standard InChI is InChI=1S/C18H21FN4O2/c1-22(2)18-20-8-7-15(21-18)16-12-23(9-10-25-16)17(24)11-13-5-3-4-6-14(13)19/h3-8,16H,9-12H2,1-2H3. The SMILES string of the molecule is CN(C)c1nccc(C2CN(C(=O)Cc3ccccc3F)CCO2)n1. The smallest absolute Gasteiger partial charge is 0.227 e. The van der Waals surface area contributed by atoms with Gasteiger partial charge in [0.2, 0.25) is 11.9 Å². The van der Waals surface area contributed by atoms with Crippen molar-refractivity contribution in [3.05, 3.63) is 53.6 Å². The summed E-state index contributed by atoms with van der Waals surface area (Å²) in [5.74, 6) is 0.128. The molecule has 1 fully saturated rings. The summed E-state index contributed by atoms with van der Waals surface area (Å²) >= 11 is 0. The van der Waals surface area contributed by atoms with Gasteiger partial charge < -0.3 is 14.5 Å². The van der Waals surface area contributed by atoms with Crippen LogP contribution < -0.4 is 4.90 Å². The highest BCUT2D eigenvalue weighted by Gasteiger charge is 2.27. The molecule has 2 heterocycles. The number of nitrogens with zero attached hydrogens (tertiary/aromatic N) is 4. The first kappa shape index (κ1) is 17.3. The molecule has 0 spiro atoms. The van der Waals surface area contributed by atoms with E-state index in [1.54, 1.807) is 35.4 Å². The molecule has 1 aliphatic heterocycles. The minimum Gasteiger partial charge on any atom is -0.368 e. The highest BCUT2D eigenvalue weighted by atomic mass is 19.1. The molecular formula is C18H21FN4O2. The lowest BCUT2D eigenvalue weighted by atomic mass is 10.1. The summed E-state index contributed by atoms with van der Waals surface area (Å²) in [4.78, 5) is 24.7. The van der Waals surface area contributed by atoms with Crippen molar-refractivity contribution in [3.8, 4) is 0 Å². The van der Waals surface area contributed by atoms with Crippen molar-refractivity contribution in [1.82, 2.24) is 14.9 Å². The third-order valence-corrected chi connectivity index (χ3v) is 4.11. The average Bonchev–Trinajstić information content (AvgIpc) is 2.64. The molecule has 2 aromatic rings. The Morgan fingerprint density at radius 3 is 2.92 bits per heavy atom. The van der Waals surface area contributed by atoms with Gasteiger partial charge in [0.05, 0.1) is 25.3 Å². The van der Waals surface area contributed by atoms with Crippen molar-refractivity contribution in [3.63, 3.8) is 0 Å². The van der Waals surface area contributed by atoms with Crippen molar-refractivity contribution in [2.45, 2.75) is 12.5 Å². The molecule has 1 aromatic heterocycles. The van der Waals surface area contributed by atoms with Crippen LogP contribution in [0, 0.1) is 5.82 Å². The third-order valence-electron chi connectivity index (χ3n) is 4.11. The summed E-state index contributed by atoms with van der Waals surface area (Å²) in [6, 6.07) is 8.15. The van der Waals surface area contributed by atoms with E-state index in [0.29, 0.717) is 31.2 Å². The molecular weight excluding hydrogens is 323 g/mol. The monoisotopic (exact) mass is 344 g/mol. The Hall–Kier alpha value is -2.54. The van der Waals surface area contributed by atoms with Crippen LogP contribution in [0.25, 0.3) is 0 Å². The number of morpholine rings is 1. The van der Waals surface area contributed by atoms with Gasteiger partial charge in [-0.1, -0.05) is 18.2 Å². The van der Waals surface area contributed by atoms with E-state index in [2.05, 4.69) is 9.97 Å². The normalized spacial score (nSPS) is 17.4. The number of halogens is 1. The molecule has 1 atom stereocenters. The fraction of sp³-hybridized carbons (Fsp3) is 0.389. The maximum atomic E-state index is 13.8. The second kappa shape index (κ2) is 7.57. The number of carbonyl (C=O) groups is 1. The van der Waals surface area contributed by atoms with Crippen LogP contribution >= 0.6 is 0 Å². The van der Waals surface area contributed by atoms with E-state index in [1.165, 1.54) is 6.07 Å². The van der Waals surface area contributed by atoms with Crippen LogP contribution in [0.2, 0.25) is 0 Å². The number of amides is 1. The minimum atomic E-state index is -0.355. The molecule has 0 aliphatic carbocycles. The molecule has 0 N–H and O–H groups in total. The Kier molecular flexibility index (Phi) is 5.23. The Morgan fingerprint density at radius 2 is 2.16 bits per heavy atom. The quantitative estimate of drug-likeness (QED) is 0.847. The van der Waals surface area contributed by atoms with Gasteiger partial charge in [0.1, 0.15) is 11.9 Å². The van der Waals surface area contributed by atoms with Crippen LogP contribution in [-0.4, -0.2) is 54.6 Å². The van der Waals surface area contributed by atoms with E-state index in [4.69, 9.17) is 4.74 Å². The first-order chi connectivity index (χ1) is 12.0. The summed E-state index contributed by atoms with van der Waals surface area (Å²) in [5, 5.41) is 0. The molecule has 3 rings (SSSR count). The van der Waals surface area contributed by atoms with Crippen molar-refractivity contribution in [2.24, 2.45) is 0 Å². The Morgan fingerprint density at radius 1 is 1.36 bits per heavy atom. The van der Waals surface area contributed by atoms with Crippen LogP contribution in [0.1, 0.15) is 17.4 Å². The summed E-state index contributed by atoms with van der Waals surface area (Å²) in [6.45, 7) is 1.32. The van der Waals surface area contributed by atoms with Gasteiger partial charge in [0.15, 0.2) is 0 Å². The summed E-state index contributed by atoms with van der Waals surface area (Å²) in [5.41, 5.74) is 1.15. The van der Waals surface area contributed by atoms with Gasteiger partial charge in [-0.15, -0.1) is 0 Å². The second-order valence-corrected chi connectivity index (χ2v) is 6.14. The van der Waals surface area contributed by atoms with E-state index in [9.17, 15) is 9.18 Å². The number of benzene rings is 1. The van der Waals surface area contributed by atoms with E-state index >= 15 is 0 Å². The minimum absolute atomic E-state index is 0.0477. The van der Waals surface area contributed by atoms with Gasteiger partial charge in [-0.2, -0.15) is 0 Å². The molecule has 0 saturated carbocycles. The predicted molar refractivity (Wildman–Crippen MR) is 91.7 cm³/mol. The van der Waals surface area contributed by atoms with Gasteiger partial charge >= 0.3 is 0 Å². The van der Waals surface area contributed by atoms with Gasteiger partial charge in [0, 0.05) is 26.8 Å². The molecule has 25 heavy (non-hydrogen) atoms. The zero-order chi connectivity index (χ0) is 17.8. The topological polar surface area (TPSA) is 58.6 Å². The number of ether oxygens (including phenoxy) is 1. The molecule has 1 saturated heterocycles. The Bertz CT molecular complexity index is 753. The molecule has 1 aliphatic rings. The zero-order valence-corrected chi connectivity index (χ0v) is 14.4. The average molecular weight is 344 g/mol. The van der Waals surface area contributed by atoms with Crippen LogP contribution in [-0.2, 0) is 16.0 Å². The van der Waals surface area contributed by atoms with Crippen LogP contribution in [0.4, 0.5) is 10.3 Å². The molecule has 6 nitrogen and oxygen atoms in total. The van der Waals surface area contributed by atoms with E-state index in [0.717, 1.165) is 5.69 Å². The molecule has 0 radical (unpaired) electrons. The lowest BCUT2D eigenvalue weighted by Gasteiger charge is -2.33. The van der Waals surface area contributed by atoms with Crippen molar-refractivity contribution in [1.29, 1.82) is 0 Å². The summed E-state index contributed by atoms with van der Waals surface area (Å²) in [6.07, 6.45) is 1.42. The molecule has 1 amide bonds. The predicted octanol–water partition coefficient (Wildman–Crippen LogP) is 1.82. The number of carbonyl (C=O) groups excluding carboxylic acids is 1. The Labute approximate surface area is 146 Å². The van der Waals surface area contributed by atoms with E-state index < -0.39 is 0 Å². The van der Waals surface area contributed by atoms with Crippen LogP contribution in [0.3, 0.4) is 0 Å². The number of aromatic nitrogens is 2. The van der Waals surface area contributed by atoms with Gasteiger partial charge in [-0.3, -0.25) is 4.79 Å². The van der Waals surface area contributed by atoms with Crippen molar-refractivity contribution < 1.29 is 13.9 Å². The number of hydrogen-bond acceptors (Lipinski definition) is 5. The number of hydrogen-bond donors (Lipinski definition) is 0. The molecule has 132 valence electrons. The first-order valence-corrected chi connectivity index (χ1v) is 8.17. The second-order valence-electron chi connectivity index (χ2n) is 6.14. The lowest BCUT2D eigenvalue weighted by molar-refractivity contribution is -0.138. The largest absolute Gasteiger partial charge is 0.368 e. The molecule has 7 heteroatoms. The van der Waals surface area contributed by atoms with Crippen molar-refractivity contribution >= 4 is 11.9 Å². The van der Waals surface area contributed by atoms with Gasteiger partial charge in [-0.05, 0) is 17.7 Å². The van der Waals surface area contributed by atoms with Gasteiger partial charge in [0.25, 0.3) is 0 Å². The maximum absolute atomic E-state index is 13.8. The molecule has 1 unspecified atom stereocenters. The fourth-order valence-corrected chi connectivity index (χ4v) is 2.73.